The monoisotopic (exact) mass is 524 g/mol. The highest BCUT2D eigenvalue weighted by atomic mass is 19.4. The zero-order valence-corrected chi connectivity index (χ0v) is 20.9. The molecule has 0 aliphatic rings. The fourth-order valence-corrected chi connectivity index (χ4v) is 3.69. The fraction of sp³-hybridized carbons (Fsp3) is 0.296. The maximum absolute atomic E-state index is 12.8. The molecule has 0 saturated carbocycles. The van der Waals surface area contributed by atoms with E-state index in [9.17, 15) is 18.0 Å². The van der Waals surface area contributed by atoms with Crippen molar-refractivity contribution in [2.75, 3.05) is 11.9 Å². The van der Waals surface area contributed by atoms with Crippen LogP contribution in [0, 0.1) is 5.92 Å². The van der Waals surface area contributed by atoms with Gasteiger partial charge in [0.05, 0.1) is 11.6 Å². The highest BCUT2D eigenvalue weighted by Gasteiger charge is 2.30. The van der Waals surface area contributed by atoms with Gasteiger partial charge in [0.15, 0.2) is 11.6 Å². The van der Waals surface area contributed by atoms with Gasteiger partial charge in [-0.2, -0.15) is 18.4 Å². The van der Waals surface area contributed by atoms with Crippen molar-refractivity contribution in [1.82, 2.24) is 25.6 Å². The van der Waals surface area contributed by atoms with Crippen LogP contribution in [0.2, 0.25) is 0 Å². The van der Waals surface area contributed by atoms with Gasteiger partial charge in [-0.15, -0.1) is 10.2 Å². The van der Waals surface area contributed by atoms with Crippen molar-refractivity contribution in [1.29, 1.82) is 0 Å². The van der Waals surface area contributed by atoms with Gasteiger partial charge in [0.2, 0.25) is 5.88 Å². The number of anilines is 1. The average Bonchev–Trinajstić information content (AvgIpc) is 3.43. The molecule has 0 unspecified atom stereocenters. The minimum absolute atomic E-state index is 0.00379. The molecule has 4 rings (SSSR count). The Labute approximate surface area is 217 Å². The molecule has 0 saturated heterocycles. The van der Waals surface area contributed by atoms with E-state index < -0.39 is 11.7 Å². The van der Waals surface area contributed by atoms with Crippen LogP contribution in [0.4, 0.5) is 18.9 Å². The molecule has 0 aliphatic heterocycles. The largest absolute Gasteiger partial charge is 0.475 e. The topological polar surface area (TPSA) is 106 Å². The average molecular weight is 525 g/mol. The Balaban J connectivity index is 1.31. The number of hydrogen-bond acceptors (Lipinski definition) is 7. The van der Waals surface area contributed by atoms with Gasteiger partial charge in [-0.3, -0.25) is 4.79 Å². The van der Waals surface area contributed by atoms with Crippen molar-refractivity contribution >= 4 is 11.5 Å². The molecule has 2 aromatic heterocycles. The number of H-pyrrole nitrogens is 1. The number of alkyl halides is 3. The van der Waals surface area contributed by atoms with Crippen LogP contribution < -0.4 is 10.1 Å². The third-order valence-corrected chi connectivity index (χ3v) is 6.02. The van der Waals surface area contributed by atoms with Crippen LogP contribution in [-0.2, 0) is 12.6 Å². The molecular weight excluding hydrogens is 497 g/mol. The number of aryl methyl sites for hydroxylation is 1. The smallest absolute Gasteiger partial charge is 0.416 e. The molecule has 0 aliphatic carbocycles. The van der Waals surface area contributed by atoms with Crippen molar-refractivity contribution < 1.29 is 22.7 Å². The minimum Gasteiger partial charge on any atom is -0.475 e. The van der Waals surface area contributed by atoms with Gasteiger partial charge in [0.25, 0.3) is 0 Å². The van der Waals surface area contributed by atoms with E-state index in [4.69, 9.17) is 4.74 Å². The third kappa shape index (κ3) is 7.15. The number of Topliss-reactive ketones (excluding diaryl/α,β-unsaturated/α-hetero) is 1. The number of carbonyl (C=O) groups is 1. The second-order valence-electron chi connectivity index (χ2n) is 9.09. The summed E-state index contributed by atoms with van der Waals surface area (Å²) >= 11 is 0. The molecule has 1 atom stereocenters. The Morgan fingerprint density at radius 3 is 2.29 bits per heavy atom. The second-order valence-corrected chi connectivity index (χ2v) is 9.09. The minimum atomic E-state index is -4.37. The highest BCUT2D eigenvalue weighted by molar-refractivity contribution is 5.96. The fourth-order valence-electron chi connectivity index (χ4n) is 3.69. The van der Waals surface area contributed by atoms with E-state index in [0.29, 0.717) is 47.8 Å². The first-order valence-corrected chi connectivity index (χ1v) is 12.1. The normalized spacial score (nSPS) is 12.4. The molecule has 0 radical (unpaired) electrons. The van der Waals surface area contributed by atoms with E-state index in [0.717, 1.165) is 17.8 Å². The molecule has 2 heterocycles. The summed E-state index contributed by atoms with van der Waals surface area (Å²) in [6, 6.07) is 15.6. The number of tetrazole rings is 1. The van der Waals surface area contributed by atoms with E-state index in [2.05, 4.69) is 44.8 Å². The zero-order chi connectivity index (χ0) is 27.1. The van der Waals surface area contributed by atoms with Gasteiger partial charge in [-0.05, 0) is 53.9 Å². The molecule has 11 heteroatoms. The lowest BCUT2D eigenvalue weighted by Gasteiger charge is -2.23. The number of carbonyl (C=O) groups excluding carboxylic acids is 1. The van der Waals surface area contributed by atoms with Crippen LogP contribution in [0.15, 0.2) is 66.9 Å². The van der Waals surface area contributed by atoms with E-state index in [-0.39, 0.29) is 17.7 Å². The molecule has 38 heavy (non-hydrogen) atoms. The number of hydrogen-bond donors (Lipinski definition) is 2. The van der Waals surface area contributed by atoms with Crippen LogP contribution in [0.3, 0.4) is 0 Å². The van der Waals surface area contributed by atoms with Gasteiger partial charge in [0, 0.05) is 41.9 Å². The van der Waals surface area contributed by atoms with Gasteiger partial charge >= 0.3 is 6.18 Å². The molecule has 0 spiro atoms. The van der Waals surface area contributed by atoms with E-state index in [1.165, 1.54) is 12.1 Å². The lowest BCUT2D eigenvalue weighted by Crippen LogP contribution is -2.32. The van der Waals surface area contributed by atoms with Crippen LogP contribution in [0.5, 0.6) is 5.88 Å². The number of halogens is 3. The van der Waals surface area contributed by atoms with Crippen molar-refractivity contribution in [3.8, 4) is 17.0 Å². The van der Waals surface area contributed by atoms with Crippen LogP contribution in [0.25, 0.3) is 11.1 Å². The number of benzene rings is 2. The highest BCUT2D eigenvalue weighted by Crippen LogP contribution is 2.31. The molecule has 2 N–H and O–H groups in total. The summed E-state index contributed by atoms with van der Waals surface area (Å²) in [6.45, 7) is 4.48. The molecule has 0 amide bonds. The van der Waals surface area contributed by atoms with Crippen molar-refractivity contribution in [3.63, 3.8) is 0 Å². The third-order valence-electron chi connectivity index (χ3n) is 6.02. The number of pyridine rings is 1. The van der Waals surface area contributed by atoms with Gasteiger partial charge < -0.3 is 10.1 Å². The SMILES string of the molecule is CC(C)[C@@H](COc1ccc(-c2ccc(C(F)(F)F)cc2)cn1)Nc1ccc(C(=O)CCc2nn[nH]n2)cc1. The number of ketones is 1. The number of rotatable bonds is 11. The van der Waals surface area contributed by atoms with Gasteiger partial charge in [-0.25, -0.2) is 4.98 Å². The molecule has 2 aromatic carbocycles. The quantitative estimate of drug-likeness (QED) is 0.246. The van der Waals surface area contributed by atoms with E-state index in [1.807, 2.05) is 12.1 Å². The maximum atomic E-state index is 12.8. The van der Waals surface area contributed by atoms with Crippen molar-refractivity contribution in [2.24, 2.45) is 5.92 Å². The summed E-state index contributed by atoms with van der Waals surface area (Å²) in [6.07, 6.45) is -2.09. The van der Waals surface area contributed by atoms with E-state index in [1.54, 1.807) is 30.5 Å². The standard InChI is InChI=1S/C27H27F3N6O2/c1-17(2)23(32-22-10-5-19(6-11-22)24(37)12-13-25-33-35-36-34-25)16-38-26-14-7-20(15-31-26)18-3-8-21(9-4-18)27(28,29)30/h3-11,14-15,17,23,32H,12-13,16H2,1-2H3,(H,33,34,35,36)/t23-/m1/s1. The first kappa shape index (κ1) is 26.8. The lowest BCUT2D eigenvalue weighted by atomic mass is 10.0. The predicted molar refractivity (Wildman–Crippen MR) is 136 cm³/mol. The molecule has 0 bridgehead atoms. The van der Waals surface area contributed by atoms with E-state index >= 15 is 0 Å². The molecule has 4 aromatic rings. The number of ether oxygens (including phenoxy) is 1. The Morgan fingerprint density at radius 1 is 1.00 bits per heavy atom. The number of aromatic amines is 1. The van der Waals surface area contributed by atoms with Crippen molar-refractivity contribution in [2.45, 2.75) is 38.9 Å². The molecule has 198 valence electrons. The Hall–Kier alpha value is -4.28. The number of nitrogens with one attached hydrogen (secondary N) is 2. The van der Waals surface area contributed by atoms with Crippen LogP contribution in [0.1, 0.15) is 42.0 Å². The predicted octanol–water partition coefficient (Wildman–Crippen LogP) is 5.61. The summed E-state index contributed by atoms with van der Waals surface area (Å²) in [5.41, 5.74) is 2.09. The Morgan fingerprint density at radius 2 is 1.71 bits per heavy atom. The zero-order valence-electron chi connectivity index (χ0n) is 20.9. The molecule has 8 nitrogen and oxygen atoms in total. The second kappa shape index (κ2) is 11.8. The number of aromatic nitrogens is 5. The summed E-state index contributed by atoms with van der Waals surface area (Å²) < 4.78 is 44.3. The summed E-state index contributed by atoms with van der Waals surface area (Å²) in [5, 5.41) is 17.0. The summed E-state index contributed by atoms with van der Waals surface area (Å²) in [4.78, 5) is 16.7. The molecule has 0 fully saturated rings. The summed E-state index contributed by atoms with van der Waals surface area (Å²) in [7, 11) is 0. The van der Waals surface area contributed by atoms with Crippen LogP contribution >= 0.6 is 0 Å². The van der Waals surface area contributed by atoms with Crippen LogP contribution in [-0.4, -0.2) is 44.0 Å². The first-order valence-electron chi connectivity index (χ1n) is 12.1. The Kier molecular flexibility index (Phi) is 8.35. The summed E-state index contributed by atoms with van der Waals surface area (Å²) in [5.74, 6) is 1.14. The lowest BCUT2D eigenvalue weighted by molar-refractivity contribution is -0.137. The number of nitrogens with zero attached hydrogens (tertiary/aromatic N) is 4. The maximum Gasteiger partial charge on any atom is 0.416 e. The van der Waals surface area contributed by atoms with Gasteiger partial charge in [-0.1, -0.05) is 31.2 Å². The van der Waals surface area contributed by atoms with Crippen molar-refractivity contribution in [3.05, 3.63) is 83.8 Å². The molecular formula is C27H27F3N6O2. The Bertz CT molecular complexity index is 1310. The van der Waals surface area contributed by atoms with Gasteiger partial charge in [0.1, 0.15) is 6.61 Å². The first-order chi connectivity index (χ1) is 18.2.